The second-order valence-corrected chi connectivity index (χ2v) is 5.77. The number of nitrogens with one attached hydrogen (secondary N) is 1. The summed E-state index contributed by atoms with van der Waals surface area (Å²) in [6, 6.07) is 12.4. The Morgan fingerprint density at radius 3 is 2.58 bits per heavy atom. The normalized spacial score (nSPS) is 12.9. The molecule has 1 atom stereocenters. The molecule has 0 bridgehead atoms. The first-order chi connectivity index (χ1) is 9.07. The number of aliphatic hydroxyl groups excluding tert-OH is 1. The molecule has 1 unspecified atom stereocenters. The fraction of sp³-hybridized carbons (Fsp3) is 0.562. The highest BCUT2D eigenvalue weighted by Crippen LogP contribution is 2.21. The maximum absolute atomic E-state index is 9.45. The van der Waals surface area contributed by atoms with Gasteiger partial charge >= 0.3 is 0 Å². The van der Waals surface area contributed by atoms with E-state index in [4.69, 9.17) is 5.26 Å². The molecule has 0 aromatic heterocycles. The Kier molecular flexibility index (Phi) is 6.55. The van der Waals surface area contributed by atoms with E-state index < -0.39 is 0 Å². The average molecular weight is 260 g/mol. The van der Waals surface area contributed by atoms with Crippen molar-refractivity contribution in [1.29, 1.82) is 5.26 Å². The van der Waals surface area contributed by atoms with E-state index in [2.05, 4.69) is 37.4 Å². The number of hydrogen-bond acceptors (Lipinski definition) is 3. The van der Waals surface area contributed by atoms with E-state index in [0.29, 0.717) is 6.42 Å². The molecule has 0 aliphatic rings. The minimum atomic E-state index is 0.0729. The molecule has 1 rings (SSSR count). The second-order valence-electron chi connectivity index (χ2n) is 5.77. The topological polar surface area (TPSA) is 56.0 Å². The number of benzene rings is 1. The Hall–Kier alpha value is -1.37. The number of nitrogens with zero attached hydrogens (tertiary/aromatic N) is 1. The van der Waals surface area contributed by atoms with Crippen LogP contribution in [0.4, 0.5) is 0 Å². The van der Waals surface area contributed by atoms with Crippen molar-refractivity contribution in [3.8, 4) is 6.07 Å². The van der Waals surface area contributed by atoms with E-state index >= 15 is 0 Å². The zero-order valence-electron chi connectivity index (χ0n) is 11.9. The van der Waals surface area contributed by atoms with Crippen molar-refractivity contribution in [1.82, 2.24) is 5.32 Å². The smallest absolute Gasteiger partial charge is 0.0621 e. The van der Waals surface area contributed by atoms with Gasteiger partial charge in [-0.25, -0.2) is 0 Å². The highest BCUT2D eigenvalue weighted by atomic mass is 16.3. The van der Waals surface area contributed by atoms with Crippen LogP contribution in [0.1, 0.15) is 32.3 Å². The van der Waals surface area contributed by atoms with Crippen LogP contribution >= 0.6 is 0 Å². The standard InChI is InChI=1S/C16H24N2O/c1-16(2,9-6-10-17)13-18-15(12-19)11-14-7-4-3-5-8-14/h3-5,7-8,15,18-19H,6,9,11-13H2,1-2H3. The summed E-state index contributed by atoms with van der Waals surface area (Å²) in [5.74, 6) is 0. The fourth-order valence-corrected chi connectivity index (χ4v) is 2.00. The van der Waals surface area contributed by atoms with Crippen molar-refractivity contribution in [3.63, 3.8) is 0 Å². The molecule has 0 aliphatic heterocycles. The van der Waals surface area contributed by atoms with Crippen LogP contribution in [0.3, 0.4) is 0 Å². The lowest BCUT2D eigenvalue weighted by molar-refractivity contribution is 0.218. The second kappa shape index (κ2) is 7.93. The largest absolute Gasteiger partial charge is 0.395 e. The van der Waals surface area contributed by atoms with Gasteiger partial charge < -0.3 is 10.4 Å². The van der Waals surface area contributed by atoms with Gasteiger partial charge in [0, 0.05) is 19.0 Å². The molecule has 0 amide bonds. The lowest BCUT2D eigenvalue weighted by Gasteiger charge is -2.27. The molecule has 3 nitrogen and oxygen atoms in total. The number of rotatable bonds is 8. The third-order valence-corrected chi connectivity index (χ3v) is 3.33. The molecule has 19 heavy (non-hydrogen) atoms. The van der Waals surface area contributed by atoms with E-state index in [-0.39, 0.29) is 18.1 Å². The van der Waals surface area contributed by atoms with E-state index in [1.165, 1.54) is 5.56 Å². The SMILES string of the molecule is CC(C)(CCC#N)CNC(CO)Cc1ccccc1. The van der Waals surface area contributed by atoms with E-state index in [0.717, 1.165) is 19.4 Å². The monoisotopic (exact) mass is 260 g/mol. The lowest BCUT2D eigenvalue weighted by Crippen LogP contribution is -2.40. The Morgan fingerprint density at radius 1 is 1.32 bits per heavy atom. The number of hydrogen-bond donors (Lipinski definition) is 2. The molecule has 2 N–H and O–H groups in total. The molecule has 1 aromatic rings. The minimum Gasteiger partial charge on any atom is -0.395 e. The molecule has 104 valence electrons. The van der Waals surface area contributed by atoms with Crippen molar-refractivity contribution in [2.75, 3.05) is 13.2 Å². The summed E-state index contributed by atoms with van der Waals surface area (Å²) in [5, 5.41) is 21.5. The van der Waals surface area contributed by atoms with Crippen LogP contribution in [-0.2, 0) is 6.42 Å². The summed E-state index contributed by atoms with van der Waals surface area (Å²) in [7, 11) is 0. The molecule has 0 heterocycles. The molecule has 0 spiro atoms. The molecule has 1 aromatic carbocycles. The summed E-state index contributed by atoms with van der Waals surface area (Å²) in [6.45, 7) is 5.23. The van der Waals surface area contributed by atoms with Crippen molar-refractivity contribution in [2.45, 2.75) is 39.2 Å². The van der Waals surface area contributed by atoms with Gasteiger partial charge in [-0.15, -0.1) is 0 Å². The molecule has 0 radical (unpaired) electrons. The van der Waals surface area contributed by atoms with Gasteiger partial charge in [-0.05, 0) is 23.8 Å². The predicted octanol–water partition coefficient (Wildman–Crippen LogP) is 2.51. The molecule has 0 fully saturated rings. The van der Waals surface area contributed by atoms with Gasteiger partial charge in [-0.3, -0.25) is 0 Å². The van der Waals surface area contributed by atoms with Gasteiger partial charge in [0.2, 0.25) is 0 Å². The van der Waals surface area contributed by atoms with E-state index in [1.807, 2.05) is 18.2 Å². The predicted molar refractivity (Wildman–Crippen MR) is 77.7 cm³/mol. The van der Waals surface area contributed by atoms with Gasteiger partial charge in [0.25, 0.3) is 0 Å². The number of nitriles is 1. The summed E-state index contributed by atoms with van der Waals surface area (Å²) in [4.78, 5) is 0. The van der Waals surface area contributed by atoms with Crippen molar-refractivity contribution < 1.29 is 5.11 Å². The highest BCUT2D eigenvalue weighted by Gasteiger charge is 2.19. The molecular weight excluding hydrogens is 236 g/mol. The molecule has 0 aliphatic carbocycles. The Bertz CT molecular complexity index is 395. The first-order valence-corrected chi connectivity index (χ1v) is 6.82. The zero-order valence-corrected chi connectivity index (χ0v) is 11.9. The van der Waals surface area contributed by atoms with Gasteiger partial charge in [0.1, 0.15) is 0 Å². The maximum Gasteiger partial charge on any atom is 0.0621 e. The van der Waals surface area contributed by atoms with Crippen LogP contribution in [0, 0.1) is 16.7 Å². The van der Waals surface area contributed by atoms with Gasteiger partial charge in [0.05, 0.1) is 12.7 Å². The summed E-state index contributed by atoms with van der Waals surface area (Å²) in [5.41, 5.74) is 1.31. The van der Waals surface area contributed by atoms with Crippen LogP contribution in [0.25, 0.3) is 0 Å². The summed E-state index contributed by atoms with van der Waals surface area (Å²) in [6.07, 6.45) is 2.28. The van der Waals surface area contributed by atoms with Crippen LogP contribution in [-0.4, -0.2) is 24.3 Å². The van der Waals surface area contributed by atoms with Gasteiger partial charge in [-0.2, -0.15) is 5.26 Å². The first kappa shape index (κ1) is 15.7. The Balaban J connectivity index is 2.43. The lowest BCUT2D eigenvalue weighted by atomic mass is 9.87. The third-order valence-electron chi connectivity index (χ3n) is 3.33. The van der Waals surface area contributed by atoms with Crippen molar-refractivity contribution in [3.05, 3.63) is 35.9 Å². The molecule has 0 saturated heterocycles. The summed E-state index contributed by atoms with van der Waals surface area (Å²) < 4.78 is 0. The van der Waals surface area contributed by atoms with Crippen molar-refractivity contribution >= 4 is 0 Å². The van der Waals surface area contributed by atoms with Crippen LogP contribution < -0.4 is 5.32 Å². The average Bonchev–Trinajstić information content (AvgIpc) is 2.42. The highest BCUT2D eigenvalue weighted by molar-refractivity contribution is 5.15. The van der Waals surface area contributed by atoms with Crippen molar-refractivity contribution in [2.24, 2.45) is 5.41 Å². The zero-order chi connectivity index (χ0) is 14.1. The molecular formula is C16H24N2O. The quantitative estimate of drug-likeness (QED) is 0.755. The van der Waals surface area contributed by atoms with E-state index in [1.54, 1.807) is 0 Å². The molecule has 3 heteroatoms. The van der Waals surface area contributed by atoms with Gasteiger partial charge in [-0.1, -0.05) is 44.2 Å². The van der Waals surface area contributed by atoms with E-state index in [9.17, 15) is 5.11 Å². The fourth-order valence-electron chi connectivity index (χ4n) is 2.00. The summed E-state index contributed by atoms with van der Waals surface area (Å²) >= 11 is 0. The Morgan fingerprint density at radius 2 is 2.00 bits per heavy atom. The van der Waals surface area contributed by atoms with Crippen LogP contribution in [0.5, 0.6) is 0 Å². The first-order valence-electron chi connectivity index (χ1n) is 6.82. The van der Waals surface area contributed by atoms with Crippen LogP contribution in [0.2, 0.25) is 0 Å². The third kappa shape index (κ3) is 6.37. The maximum atomic E-state index is 9.45. The van der Waals surface area contributed by atoms with Gasteiger partial charge in [0.15, 0.2) is 0 Å². The number of aliphatic hydroxyl groups is 1. The Labute approximate surface area is 116 Å². The van der Waals surface area contributed by atoms with Crippen LogP contribution in [0.15, 0.2) is 30.3 Å². The molecule has 0 saturated carbocycles. The minimum absolute atomic E-state index is 0.0729.